The van der Waals surface area contributed by atoms with Gasteiger partial charge in [0.05, 0.1) is 45.2 Å². The fourth-order valence-electron chi connectivity index (χ4n) is 14.7. The van der Waals surface area contributed by atoms with Crippen LogP contribution in [0.25, 0.3) is 0 Å². The molecular weight excluding hydrogens is 1010 g/mol. The molecule has 5 aliphatic heterocycles. The van der Waals surface area contributed by atoms with Gasteiger partial charge in [-0.25, -0.2) is 0 Å². The lowest BCUT2D eigenvalue weighted by Gasteiger charge is -2.57. The van der Waals surface area contributed by atoms with Gasteiger partial charge in [-0.05, 0) is 67.6 Å². The molecule has 0 amide bonds. The van der Waals surface area contributed by atoms with Gasteiger partial charge in [0.1, 0.15) is 103 Å². The molecule has 0 bridgehead atoms. The van der Waals surface area contributed by atoms with Gasteiger partial charge in [0, 0.05) is 30.1 Å². The van der Waals surface area contributed by atoms with E-state index < -0.39 is 167 Å². The molecule has 25 nitrogen and oxygen atoms in total. The maximum Gasteiger partial charge on any atom is 0.187 e. The summed E-state index contributed by atoms with van der Waals surface area (Å²) in [5.74, 6) is -1.91. The lowest BCUT2D eigenvalue weighted by molar-refractivity contribution is -0.390. The van der Waals surface area contributed by atoms with Crippen molar-refractivity contribution in [3.8, 4) is 0 Å². The van der Waals surface area contributed by atoms with Crippen LogP contribution in [0.4, 0.5) is 0 Å². The van der Waals surface area contributed by atoms with Gasteiger partial charge in [-0.1, -0.05) is 39.3 Å². The maximum atomic E-state index is 14.7. The summed E-state index contributed by atoms with van der Waals surface area (Å²) in [7, 11) is 0. The van der Waals surface area contributed by atoms with Crippen molar-refractivity contribution in [2.45, 2.75) is 220 Å². The number of allylic oxidation sites excluding steroid dienone is 1. The molecular formula is C51H82O25. The van der Waals surface area contributed by atoms with Crippen molar-refractivity contribution in [3.63, 3.8) is 0 Å². The number of aliphatic hydroxyl groups is 15. The fourth-order valence-corrected chi connectivity index (χ4v) is 14.7. The Labute approximate surface area is 439 Å². The van der Waals surface area contributed by atoms with Crippen LogP contribution in [0.2, 0.25) is 0 Å². The fraction of sp³-hybridized carbons (Fsp3) is 0.941. The Morgan fingerprint density at radius 3 is 1.80 bits per heavy atom. The summed E-state index contributed by atoms with van der Waals surface area (Å²) in [6, 6.07) is 0. The predicted molar refractivity (Wildman–Crippen MR) is 252 cm³/mol. The molecule has 0 spiro atoms. The summed E-state index contributed by atoms with van der Waals surface area (Å²) in [5, 5.41) is 159. The van der Waals surface area contributed by atoms with Crippen LogP contribution in [0.3, 0.4) is 0 Å². The Balaban J connectivity index is 0.810. The topological polar surface area (TPSA) is 404 Å². The first-order valence-corrected chi connectivity index (χ1v) is 27.0. The summed E-state index contributed by atoms with van der Waals surface area (Å²) in [5.41, 5.74) is 0.00157. The first kappa shape index (κ1) is 59.1. The third kappa shape index (κ3) is 10.3. The molecule has 31 atom stereocenters. The Bertz CT molecular complexity index is 2020. The molecule has 15 N–H and O–H groups in total. The summed E-state index contributed by atoms with van der Waals surface area (Å²) < 4.78 is 53.1. The quantitative estimate of drug-likeness (QED) is 0.0645. The summed E-state index contributed by atoms with van der Waals surface area (Å²) in [6.45, 7) is 5.20. The highest BCUT2D eigenvalue weighted by atomic mass is 16.8. The average Bonchev–Trinajstić information content (AvgIpc) is 3.85. The van der Waals surface area contributed by atoms with Gasteiger partial charge in [-0.2, -0.15) is 0 Å². The number of hydrogen-bond donors (Lipinski definition) is 15. The highest BCUT2D eigenvalue weighted by Gasteiger charge is 2.71. The number of fused-ring (bicyclic) bond motifs is 7. The molecule has 9 aliphatic rings. The number of carbonyl (C=O) groups excluding carboxylic acids is 1. The van der Waals surface area contributed by atoms with Crippen LogP contribution in [-0.2, 0) is 47.4 Å². The monoisotopic (exact) mass is 1090 g/mol. The maximum absolute atomic E-state index is 14.7. The zero-order valence-corrected chi connectivity index (χ0v) is 43.2. The zero-order valence-electron chi connectivity index (χ0n) is 43.2. The molecule has 0 aromatic rings. The normalized spacial score (nSPS) is 53.8. The van der Waals surface area contributed by atoms with Crippen LogP contribution in [0.1, 0.15) is 79.1 Å². The Kier molecular flexibility index (Phi) is 17.9. The van der Waals surface area contributed by atoms with Gasteiger partial charge in [-0.3, -0.25) is 4.79 Å². The van der Waals surface area contributed by atoms with Crippen molar-refractivity contribution in [2.24, 2.45) is 46.3 Å². The Morgan fingerprint density at radius 2 is 1.17 bits per heavy atom. The van der Waals surface area contributed by atoms with Crippen LogP contribution in [0.15, 0.2) is 11.6 Å². The second-order valence-corrected chi connectivity index (χ2v) is 23.7. The van der Waals surface area contributed by atoms with E-state index in [9.17, 15) is 81.4 Å². The molecule has 5 saturated heterocycles. The van der Waals surface area contributed by atoms with Crippen molar-refractivity contribution >= 4 is 5.78 Å². The summed E-state index contributed by atoms with van der Waals surface area (Å²) >= 11 is 0. The van der Waals surface area contributed by atoms with Gasteiger partial charge < -0.3 is 119 Å². The van der Waals surface area contributed by atoms with Crippen molar-refractivity contribution in [1.82, 2.24) is 0 Å². The first-order chi connectivity index (χ1) is 35.9. The van der Waals surface area contributed by atoms with Gasteiger partial charge in [0.25, 0.3) is 0 Å². The number of carbonyl (C=O) groups is 1. The largest absolute Gasteiger partial charge is 0.394 e. The van der Waals surface area contributed by atoms with E-state index in [1.807, 2.05) is 20.8 Å². The summed E-state index contributed by atoms with van der Waals surface area (Å²) in [4.78, 5) is 14.7. The minimum Gasteiger partial charge on any atom is -0.394 e. The van der Waals surface area contributed by atoms with E-state index in [1.54, 1.807) is 0 Å². The van der Waals surface area contributed by atoms with Crippen molar-refractivity contribution in [3.05, 3.63) is 11.6 Å². The highest BCUT2D eigenvalue weighted by Crippen LogP contribution is 2.69. The van der Waals surface area contributed by atoms with Crippen molar-refractivity contribution < 1.29 is 124 Å². The highest BCUT2D eigenvalue weighted by molar-refractivity contribution is 5.87. The Hall–Kier alpha value is -1.55. The van der Waals surface area contributed by atoms with E-state index >= 15 is 0 Å². The van der Waals surface area contributed by atoms with Gasteiger partial charge in [0.15, 0.2) is 30.9 Å². The second kappa shape index (κ2) is 23.0. The van der Waals surface area contributed by atoms with E-state index in [1.165, 1.54) is 0 Å². The molecule has 0 aromatic carbocycles. The molecule has 4 aliphatic carbocycles. The number of ether oxygens (including phenoxy) is 9. The van der Waals surface area contributed by atoms with Crippen molar-refractivity contribution in [1.29, 1.82) is 0 Å². The number of Topliss-reactive ketones (excluding diaryl/α,β-unsaturated/α-hetero) is 1. The zero-order chi connectivity index (χ0) is 55.1. The Morgan fingerprint density at radius 1 is 0.645 bits per heavy atom. The van der Waals surface area contributed by atoms with E-state index in [0.717, 1.165) is 5.57 Å². The molecule has 25 heteroatoms. The number of rotatable bonds is 16. The second-order valence-electron chi connectivity index (χ2n) is 23.7. The number of hydrogen-bond acceptors (Lipinski definition) is 25. The molecule has 0 radical (unpaired) electrons. The standard InChI is InChI=1S/C51H82O25/c1-19(18-68-45-40(64)36(60)33(57)27(14-52)70-45)7-10-51(67)20(2)32-26(76-51)12-25-23-6-5-21-11-22(8-9-49(21,3)24(23)13-31(56)50(25,32)4)69-46-42(66)39(63)43(30(17-55)73-46)74-48-44(38(62)35(59)29(16-54)72-48)75-47-41(65)37(61)34(58)28(15-53)71-47/h5,19-20,22-30,32-48,52-55,57-67H,6-18H2,1-4H3/t19-,20+,22+,23-,24+,25+,26+,27-,28-,29-,30-,32+,33-,34-,35-,36+,37+,38+,39+,40-,41-,42-,43-,44-,45-,46-,47+,48+,49+,50-,51-/m1/s1. The van der Waals surface area contributed by atoms with E-state index in [4.69, 9.17) is 42.6 Å². The molecule has 0 aromatic heterocycles. The molecule has 5 heterocycles. The molecule has 0 unspecified atom stereocenters. The molecule has 76 heavy (non-hydrogen) atoms. The molecule has 436 valence electrons. The van der Waals surface area contributed by atoms with Gasteiger partial charge >= 0.3 is 0 Å². The average molecular weight is 1100 g/mol. The van der Waals surface area contributed by atoms with Crippen LogP contribution in [0, 0.1) is 46.3 Å². The number of aliphatic hydroxyl groups excluding tert-OH is 14. The lowest BCUT2D eigenvalue weighted by Crippen LogP contribution is -2.67. The van der Waals surface area contributed by atoms with Gasteiger partial charge in [-0.15, -0.1) is 0 Å². The number of ketones is 1. The third-order valence-corrected chi connectivity index (χ3v) is 19.4. The van der Waals surface area contributed by atoms with Gasteiger partial charge in [0.2, 0.25) is 0 Å². The van der Waals surface area contributed by atoms with Crippen LogP contribution in [0.5, 0.6) is 0 Å². The van der Waals surface area contributed by atoms with E-state index in [-0.39, 0.29) is 65.8 Å². The molecule has 3 saturated carbocycles. The SMILES string of the molecule is C[C@H](CC[C@@]1(O)O[C@H]2C[C@H]3[C@@H]4CC=C5C[C@@H](O[C@@H]6O[C@H](CO)[C@@H](O[C@@H]7O[C@H](CO)[C@@H](O)[C@H](O)[C@H]7O[C@@H]7O[C@H](CO)[C@@H](O)[C@H](O)[C@H]7O)[C@@H](O)[C@H]6O)CC[C@]5(C)[C@H]4CC(=O)[C@]3(C)[C@H]2[C@@H]1C)CO[C@@H]1O[C@H](CO)[C@@H](O)[C@H](O)[C@H]1O. The lowest BCUT2D eigenvalue weighted by atomic mass is 9.46. The first-order valence-electron chi connectivity index (χ1n) is 27.0. The molecule has 9 rings (SSSR count). The van der Waals surface area contributed by atoms with E-state index in [2.05, 4.69) is 13.0 Å². The minimum atomic E-state index is -1.94. The van der Waals surface area contributed by atoms with E-state index in [0.29, 0.717) is 44.9 Å². The van der Waals surface area contributed by atoms with Crippen LogP contribution < -0.4 is 0 Å². The summed E-state index contributed by atoms with van der Waals surface area (Å²) in [6.07, 6.45) is -27.3. The van der Waals surface area contributed by atoms with Crippen LogP contribution in [-0.4, -0.2) is 256 Å². The minimum absolute atomic E-state index is 0.00416. The molecule has 8 fully saturated rings. The van der Waals surface area contributed by atoms with Crippen molar-refractivity contribution in [2.75, 3.05) is 33.0 Å². The third-order valence-electron chi connectivity index (χ3n) is 19.4. The smallest absolute Gasteiger partial charge is 0.187 e. The van der Waals surface area contributed by atoms with Crippen LogP contribution >= 0.6 is 0 Å². The predicted octanol–water partition coefficient (Wildman–Crippen LogP) is -4.86.